The zero-order valence-electron chi connectivity index (χ0n) is 12.5. The Hall–Kier alpha value is -2.24. The lowest BCUT2D eigenvalue weighted by Gasteiger charge is -2.32. The zero-order valence-corrected chi connectivity index (χ0v) is 12.5. The molecule has 3 amide bonds. The molecule has 1 aliphatic heterocycles. The first kappa shape index (κ1) is 15.2. The minimum absolute atomic E-state index is 0.136. The quantitative estimate of drug-likeness (QED) is 0.668. The van der Waals surface area contributed by atoms with Crippen LogP contribution in [0.4, 0.5) is 4.79 Å². The maximum absolute atomic E-state index is 12.0. The number of aryl methyl sites for hydroxylation is 2. The van der Waals surface area contributed by atoms with E-state index >= 15 is 0 Å². The number of carbonyl (C=O) groups excluding carboxylic acids is 2. The van der Waals surface area contributed by atoms with Gasteiger partial charge in [-0.15, -0.1) is 0 Å². The van der Waals surface area contributed by atoms with Crippen LogP contribution in [-0.2, 0) is 4.79 Å². The van der Waals surface area contributed by atoms with Crippen LogP contribution in [0.25, 0.3) is 0 Å². The number of piperazine rings is 1. The molecule has 6 nitrogen and oxygen atoms in total. The molecule has 0 atom stereocenters. The number of nitrogens with one attached hydrogen (secondary N) is 1. The first-order valence-corrected chi connectivity index (χ1v) is 7.02. The molecule has 0 saturated carbocycles. The summed E-state index contributed by atoms with van der Waals surface area (Å²) < 4.78 is 5.57. The first-order valence-electron chi connectivity index (χ1n) is 7.02. The third kappa shape index (κ3) is 4.11. The lowest BCUT2D eigenvalue weighted by atomic mass is 10.1. The molecule has 21 heavy (non-hydrogen) atoms. The fourth-order valence-corrected chi connectivity index (χ4v) is 2.28. The molecule has 6 heteroatoms. The average molecular weight is 291 g/mol. The van der Waals surface area contributed by atoms with Gasteiger partial charge in [-0.25, -0.2) is 4.79 Å². The van der Waals surface area contributed by atoms with Crippen LogP contribution in [0.3, 0.4) is 0 Å². The molecule has 0 aromatic heterocycles. The summed E-state index contributed by atoms with van der Waals surface area (Å²) in [5.74, 6) is 0.770. The van der Waals surface area contributed by atoms with Gasteiger partial charge >= 0.3 is 6.03 Å². The molecule has 2 rings (SSSR count). The Morgan fingerprint density at radius 1 is 1.29 bits per heavy atom. The van der Waals surface area contributed by atoms with Gasteiger partial charge < -0.3 is 19.9 Å². The van der Waals surface area contributed by atoms with Crippen molar-refractivity contribution >= 4 is 12.4 Å². The lowest BCUT2D eigenvalue weighted by Crippen LogP contribution is -2.51. The van der Waals surface area contributed by atoms with Crippen LogP contribution >= 0.6 is 0 Å². The minimum Gasteiger partial charge on any atom is -0.473 e. The van der Waals surface area contributed by atoms with E-state index in [-0.39, 0.29) is 12.8 Å². The van der Waals surface area contributed by atoms with Gasteiger partial charge in [-0.3, -0.25) is 4.79 Å². The number of rotatable bonds is 4. The summed E-state index contributed by atoms with van der Waals surface area (Å²) in [6, 6.07) is 5.75. The van der Waals surface area contributed by atoms with Crippen LogP contribution in [-0.4, -0.2) is 55.2 Å². The smallest absolute Gasteiger partial charge is 0.320 e. The molecule has 1 fully saturated rings. The molecule has 1 saturated heterocycles. The standard InChI is InChI=1S/C15H21N3O3/c1-12-3-4-14(13(2)9-12)21-10-16-15(20)18-7-5-17(11-19)6-8-18/h3-4,9,11H,5-8,10H2,1-2H3,(H,16,20). The van der Waals surface area contributed by atoms with E-state index in [2.05, 4.69) is 5.32 Å². The number of ether oxygens (including phenoxy) is 1. The fourth-order valence-electron chi connectivity index (χ4n) is 2.28. The number of urea groups is 1. The molecular weight excluding hydrogens is 270 g/mol. The fraction of sp³-hybridized carbons (Fsp3) is 0.467. The van der Waals surface area contributed by atoms with E-state index in [9.17, 15) is 9.59 Å². The van der Waals surface area contributed by atoms with E-state index in [1.807, 2.05) is 32.0 Å². The van der Waals surface area contributed by atoms with Gasteiger partial charge in [0.15, 0.2) is 6.73 Å². The maximum atomic E-state index is 12.0. The number of benzene rings is 1. The molecular formula is C15H21N3O3. The van der Waals surface area contributed by atoms with Crippen molar-refractivity contribution in [3.8, 4) is 5.75 Å². The summed E-state index contributed by atoms with van der Waals surface area (Å²) in [6.45, 7) is 6.39. The Labute approximate surface area is 124 Å². The van der Waals surface area contributed by atoms with E-state index in [0.717, 1.165) is 17.7 Å². The van der Waals surface area contributed by atoms with Crippen molar-refractivity contribution in [1.29, 1.82) is 0 Å². The molecule has 0 bridgehead atoms. The first-order chi connectivity index (χ1) is 10.1. The van der Waals surface area contributed by atoms with Crippen LogP contribution in [0.5, 0.6) is 5.75 Å². The van der Waals surface area contributed by atoms with Gasteiger partial charge in [0, 0.05) is 26.2 Å². The van der Waals surface area contributed by atoms with Gasteiger partial charge in [0.1, 0.15) is 5.75 Å². The second-order valence-electron chi connectivity index (χ2n) is 5.17. The van der Waals surface area contributed by atoms with E-state index in [1.54, 1.807) is 9.80 Å². The lowest BCUT2D eigenvalue weighted by molar-refractivity contribution is -0.119. The highest BCUT2D eigenvalue weighted by Gasteiger charge is 2.19. The molecule has 0 spiro atoms. The van der Waals surface area contributed by atoms with Gasteiger partial charge in [0.25, 0.3) is 0 Å². The predicted molar refractivity (Wildman–Crippen MR) is 79.2 cm³/mol. The second kappa shape index (κ2) is 6.97. The highest BCUT2D eigenvalue weighted by Crippen LogP contribution is 2.18. The summed E-state index contributed by atoms with van der Waals surface area (Å²) in [7, 11) is 0. The second-order valence-corrected chi connectivity index (χ2v) is 5.17. The van der Waals surface area contributed by atoms with Crippen molar-refractivity contribution in [2.75, 3.05) is 32.9 Å². The largest absolute Gasteiger partial charge is 0.473 e. The van der Waals surface area contributed by atoms with E-state index in [0.29, 0.717) is 26.2 Å². The van der Waals surface area contributed by atoms with E-state index in [1.165, 1.54) is 5.56 Å². The topological polar surface area (TPSA) is 61.9 Å². The molecule has 0 radical (unpaired) electrons. The Balaban J connectivity index is 1.75. The number of hydrogen-bond donors (Lipinski definition) is 1. The molecule has 0 unspecified atom stereocenters. The van der Waals surface area contributed by atoms with Gasteiger partial charge in [-0.1, -0.05) is 17.7 Å². The van der Waals surface area contributed by atoms with Crippen LogP contribution in [0.15, 0.2) is 18.2 Å². The minimum atomic E-state index is -0.162. The van der Waals surface area contributed by atoms with Crippen molar-refractivity contribution in [2.45, 2.75) is 13.8 Å². The maximum Gasteiger partial charge on any atom is 0.320 e. The molecule has 1 heterocycles. The highest BCUT2D eigenvalue weighted by atomic mass is 16.5. The predicted octanol–water partition coefficient (Wildman–Crippen LogP) is 1.12. The van der Waals surface area contributed by atoms with E-state index in [4.69, 9.17) is 4.74 Å². The molecule has 0 aliphatic carbocycles. The van der Waals surface area contributed by atoms with Crippen molar-refractivity contribution in [1.82, 2.24) is 15.1 Å². The Bertz CT molecular complexity index is 511. The molecule has 114 valence electrons. The van der Waals surface area contributed by atoms with Crippen molar-refractivity contribution in [3.63, 3.8) is 0 Å². The Morgan fingerprint density at radius 2 is 2.00 bits per heavy atom. The third-order valence-corrected chi connectivity index (χ3v) is 3.53. The number of hydrogen-bond acceptors (Lipinski definition) is 3. The van der Waals surface area contributed by atoms with Gasteiger partial charge in [0.2, 0.25) is 6.41 Å². The summed E-state index contributed by atoms with van der Waals surface area (Å²) in [6.07, 6.45) is 0.818. The summed E-state index contributed by atoms with van der Waals surface area (Å²) in [5, 5.41) is 2.73. The highest BCUT2D eigenvalue weighted by molar-refractivity contribution is 5.74. The normalized spacial score (nSPS) is 14.8. The van der Waals surface area contributed by atoms with Crippen molar-refractivity contribution in [3.05, 3.63) is 29.3 Å². The van der Waals surface area contributed by atoms with Crippen LogP contribution in [0.1, 0.15) is 11.1 Å². The van der Waals surface area contributed by atoms with Gasteiger partial charge in [0.05, 0.1) is 0 Å². The average Bonchev–Trinajstić information content (AvgIpc) is 2.49. The summed E-state index contributed by atoms with van der Waals surface area (Å²) >= 11 is 0. The number of nitrogens with zero attached hydrogens (tertiary/aromatic N) is 2. The number of carbonyl (C=O) groups is 2. The van der Waals surface area contributed by atoms with Gasteiger partial charge in [-0.05, 0) is 25.5 Å². The van der Waals surface area contributed by atoms with Crippen molar-refractivity contribution < 1.29 is 14.3 Å². The summed E-state index contributed by atoms with van der Waals surface area (Å²) in [5.41, 5.74) is 2.22. The monoisotopic (exact) mass is 291 g/mol. The van der Waals surface area contributed by atoms with Crippen LogP contribution in [0, 0.1) is 13.8 Å². The zero-order chi connectivity index (χ0) is 15.2. The molecule has 1 N–H and O–H groups in total. The third-order valence-electron chi connectivity index (χ3n) is 3.53. The Morgan fingerprint density at radius 3 is 2.62 bits per heavy atom. The van der Waals surface area contributed by atoms with E-state index < -0.39 is 0 Å². The summed E-state index contributed by atoms with van der Waals surface area (Å²) in [4.78, 5) is 25.9. The SMILES string of the molecule is Cc1ccc(OCNC(=O)N2CCN(C=O)CC2)c(C)c1. The molecule has 1 aromatic rings. The van der Waals surface area contributed by atoms with Crippen LogP contribution < -0.4 is 10.1 Å². The molecule has 1 aliphatic rings. The Kier molecular flexibility index (Phi) is 5.03. The van der Waals surface area contributed by atoms with Gasteiger partial charge in [-0.2, -0.15) is 0 Å². The van der Waals surface area contributed by atoms with Crippen molar-refractivity contribution in [2.24, 2.45) is 0 Å². The number of amides is 3. The van der Waals surface area contributed by atoms with Crippen LogP contribution in [0.2, 0.25) is 0 Å². The molecule has 1 aromatic carbocycles.